The van der Waals surface area contributed by atoms with Crippen LogP contribution in [0.1, 0.15) is 41.0 Å². The third-order valence-corrected chi connectivity index (χ3v) is 3.39. The third-order valence-electron chi connectivity index (χ3n) is 3.39. The molecule has 0 bridgehead atoms. The topological polar surface area (TPSA) is 50.8 Å². The number of carbonyl (C=O) groups excluding carboxylic acids is 1. The van der Waals surface area contributed by atoms with Gasteiger partial charge in [-0.2, -0.15) is 0 Å². The van der Waals surface area contributed by atoms with E-state index in [9.17, 15) is 4.79 Å². The van der Waals surface area contributed by atoms with Gasteiger partial charge in [0.2, 0.25) is 0 Å². The second-order valence-corrected chi connectivity index (χ2v) is 6.51. The highest BCUT2D eigenvalue weighted by molar-refractivity contribution is 5.68. The quantitative estimate of drug-likeness (QED) is 0.832. The molecule has 0 spiro atoms. The lowest BCUT2D eigenvalue weighted by molar-refractivity contribution is -0.0641. The first kappa shape index (κ1) is 16.2. The van der Waals surface area contributed by atoms with E-state index in [0.29, 0.717) is 6.54 Å². The minimum absolute atomic E-state index is 0.116. The molecule has 1 amide bonds. The van der Waals surface area contributed by atoms with E-state index in [1.54, 1.807) is 12.0 Å². The molecule has 5 heteroatoms. The van der Waals surface area contributed by atoms with E-state index >= 15 is 0 Å². The van der Waals surface area contributed by atoms with Crippen LogP contribution >= 0.6 is 0 Å². The maximum absolute atomic E-state index is 12.2. The molecule has 1 saturated heterocycles. The lowest BCUT2D eigenvalue weighted by Crippen LogP contribution is -2.62. The predicted molar refractivity (Wildman–Crippen MR) is 75.3 cm³/mol. The fourth-order valence-electron chi connectivity index (χ4n) is 2.03. The minimum Gasteiger partial charge on any atom is -0.444 e. The molecular formula is C14H28N2O3. The summed E-state index contributed by atoms with van der Waals surface area (Å²) in [6, 6.07) is 0.122. The van der Waals surface area contributed by atoms with Gasteiger partial charge in [0.1, 0.15) is 5.60 Å². The molecule has 1 fully saturated rings. The Morgan fingerprint density at radius 3 is 2.26 bits per heavy atom. The fraction of sp³-hybridized carbons (Fsp3) is 0.929. The van der Waals surface area contributed by atoms with Crippen LogP contribution in [0.25, 0.3) is 0 Å². The standard InChI is InChI=1S/C14H28N2O3/c1-11(2)16(12(17)19-13(3,4)5)8-7-14(18-6)9-15-10-14/h11,15H,7-10H2,1-6H3. The summed E-state index contributed by atoms with van der Waals surface area (Å²) < 4.78 is 11.0. The molecule has 1 N–H and O–H groups in total. The van der Waals surface area contributed by atoms with Crippen molar-refractivity contribution in [2.45, 2.75) is 58.3 Å². The Bertz CT molecular complexity index is 301. The number of hydrogen-bond acceptors (Lipinski definition) is 4. The molecule has 5 nitrogen and oxygen atoms in total. The molecule has 0 atom stereocenters. The zero-order valence-electron chi connectivity index (χ0n) is 13.1. The van der Waals surface area contributed by atoms with Crippen molar-refractivity contribution in [3.05, 3.63) is 0 Å². The van der Waals surface area contributed by atoms with Gasteiger partial charge in [0.05, 0.1) is 5.60 Å². The van der Waals surface area contributed by atoms with E-state index in [0.717, 1.165) is 19.5 Å². The van der Waals surface area contributed by atoms with Crippen molar-refractivity contribution in [2.24, 2.45) is 0 Å². The Labute approximate surface area is 116 Å². The van der Waals surface area contributed by atoms with Gasteiger partial charge in [-0.15, -0.1) is 0 Å². The van der Waals surface area contributed by atoms with E-state index in [1.165, 1.54) is 0 Å². The number of nitrogens with zero attached hydrogens (tertiary/aromatic N) is 1. The van der Waals surface area contributed by atoms with Crippen LogP contribution in [0.15, 0.2) is 0 Å². The summed E-state index contributed by atoms with van der Waals surface area (Å²) in [7, 11) is 1.73. The Hall–Kier alpha value is -0.810. The maximum atomic E-state index is 12.2. The third kappa shape index (κ3) is 4.66. The molecule has 1 aliphatic heterocycles. The Balaban J connectivity index is 2.55. The second kappa shape index (κ2) is 6.09. The number of rotatable bonds is 5. The molecule has 1 aliphatic rings. The first-order chi connectivity index (χ1) is 8.69. The maximum Gasteiger partial charge on any atom is 0.410 e. The predicted octanol–water partition coefficient (Wildman–Crippen LogP) is 2.01. The van der Waals surface area contributed by atoms with Crippen LogP contribution in [0, 0.1) is 0 Å². The summed E-state index contributed by atoms with van der Waals surface area (Å²) in [4.78, 5) is 13.9. The van der Waals surface area contributed by atoms with Crippen molar-refractivity contribution in [2.75, 3.05) is 26.7 Å². The molecule has 1 rings (SSSR count). The number of amides is 1. The summed E-state index contributed by atoms with van der Waals surface area (Å²) in [5.41, 5.74) is -0.573. The highest BCUT2D eigenvalue weighted by Gasteiger charge is 2.38. The molecule has 1 heterocycles. The zero-order chi connectivity index (χ0) is 14.7. The first-order valence-corrected chi connectivity index (χ1v) is 6.95. The van der Waals surface area contributed by atoms with Gasteiger partial charge in [-0.1, -0.05) is 0 Å². The molecule has 0 aliphatic carbocycles. The summed E-state index contributed by atoms with van der Waals surface area (Å²) in [6.07, 6.45) is 0.578. The van der Waals surface area contributed by atoms with Crippen LogP contribution in [-0.4, -0.2) is 55.0 Å². The van der Waals surface area contributed by atoms with Gasteiger partial charge in [-0.25, -0.2) is 4.79 Å². The van der Waals surface area contributed by atoms with E-state index in [2.05, 4.69) is 5.32 Å². The van der Waals surface area contributed by atoms with Gasteiger partial charge >= 0.3 is 6.09 Å². The Morgan fingerprint density at radius 2 is 1.95 bits per heavy atom. The van der Waals surface area contributed by atoms with Crippen LogP contribution < -0.4 is 5.32 Å². The molecule has 0 aromatic rings. The van der Waals surface area contributed by atoms with Gasteiger partial charge in [0.15, 0.2) is 0 Å². The average molecular weight is 272 g/mol. The van der Waals surface area contributed by atoms with E-state index in [1.807, 2.05) is 34.6 Å². The summed E-state index contributed by atoms with van der Waals surface area (Å²) in [5, 5.41) is 3.21. The summed E-state index contributed by atoms with van der Waals surface area (Å²) >= 11 is 0. The van der Waals surface area contributed by atoms with Crippen LogP contribution in [0.2, 0.25) is 0 Å². The highest BCUT2D eigenvalue weighted by atomic mass is 16.6. The van der Waals surface area contributed by atoms with Gasteiger partial charge in [-0.3, -0.25) is 0 Å². The van der Waals surface area contributed by atoms with Crippen molar-refractivity contribution in [1.29, 1.82) is 0 Å². The van der Waals surface area contributed by atoms with Crippen LogP contribution in [0.5, 0.6) is 0 Å². The van der Waals surface area contributed by atoms with Gasteiger partial charge in [0, 0.05) is 32.8 Å². The molecule has 0 saturated carbocycles. The van der Waals surface area contributed by atoms with E-state index in [4.69, 9.17) is 9.47 Å². The minimum atomic E-state index is -0.457. The van der Waals surface area contributed by atoms with Crippen LogP contribution in [-0.2, 0) is 9.47 Å². The van der Waals surface area contributed by atoms with Crippen LogP contribution in [0.4, 0.5) is 4.79 Å². The van der Waals surface area contributed by atoms with Crippen molar-refractivity contribution >= 4 is 6.09 Å². The summed E-state index contributed by atoms with van der Waals surface area (Å²) in [5.74, 6) is 0. The molecular weight excluding hydrogens is 244 g/mol. The van der Waals surface area contributed by atoms with Gasteiger partial charge in [0.25, 0.3) is 0 Å². The Morgan fingerprint density at radius 1 is 1.37 bits per heavy atom. The summed E-state index contributed by atoms with van der Waals surface area (Å²) in [6.45, 7) is 12.0. The normalized spacial score (nSPS) is 18.1. The van der Waals surface area contributed by atoms with Crippen LogP contribution in [0.3, 0.4) is 0 Å². The highest BCUT2D eigenvalue weighted by Crippen LogP contribution is 2.22. The smallest absolute Gasteiger partial charge is 0.410 e. The fourth-order valence-corrected chi connectivity index (χ4v) is 2.03. The molecule has 0 aromatic carbocycles. The van der Waals surface area contributed by atoms with Crippen molar-refractivity contribution < 1.29 is 14.3 Å². The number of hydrogen-bond donors (Lipinski definition) is 1. The van der Waals surface area contributed by atoms with Gasteiger partial charge in [-0.05, 0) is 41.0 Å². The first-order valence-electron chi connectivity index (χ1n) is 6.95. The van der Waals surface area contributed by atoms with Crippen molar-refractivity contribution in [3.63, 3.8) is 0 Å². The SMILES string of the molecule is COC1(CCN(C(=O)OC(C)(C)C)C(C)C)CNC1. The van der Waals surface area contributed by atoms with Crippen molar-refractivity contribution in [1.82, 2.24) is 10.2 Å². The Kier molecular flexibility index (Phi) is 5.21. The van der Waals surface area contributed by atoms with E-state index in [-0.39, 0.29) is 17.7 Å². The van der Waals surface area contributed by atoms with E-state index < -0.39 is 5.60 Å². The average Bonchev–Trinajstić information content (AvgIpc) is 2.18. The largest absolute Gasteiger partial charge is 0.444 e. The monoisotopic (exact) mass is 272 g/mol. The molecule has 112 valence electrons. The second-order valence-electron chi connectivity index (χ2n) is 6.51. The number of methoxy groups -OCH3 is 1. The lowest BCUT2D eigenvalue weighted by atomic mass is 9.92. The molecule has 0 aromatic heterocycles. The molecule has 0 unspecified atom stereocenters. The number of ether oxygens (including phenoxy) is 2. The zero-order valence-corrected chi connectivity index (χ0v) is 13.1. The van der Waals surface area contributed by atoms with Gasteiger partial charge < -0.3 is 19.7 Å². The molecule has 19 heavy (non-hydrogen) atoms. The number of carbonyl (C=O) groups is 1. The lowest BCUT2D eigenvalue weighted by Gasteiger charge is -2.43. The van der Waals surface area contributed by atoms with Crippen molar-refractivity contribution in [3.8, 4) is 0 Å². The number of nitrogens with one attached hydrogen (secondary N) is 1. The molecule has 0 radical (unpaired) electrons.